The number of benzene rings is 1. The minimum absolute atomic E-state index is 0.0669. The lowest BCUT2D eigenvalue weighted by Crippen LogP contribution is -2.38. The summed E-state index contributed by atoms with van der Waals surface area (Å²) >= 11 is 0. The zero-order valence-electron chi connectivity index (χ0n) is 20.1. The Kier molecular flexibility index (Phi) is 7.74. The summed E-state index contributed by atoms with van der Waals surface area (Å²) in [4.78, 5) is 17.9. The highest BCUT2D eigenvalue weighted by molar-refractivity contribution is 5.37. The molecule has 1 aromatic carbocycles. The van der Waals surface area contributed by atoms with E-state index >= 15 is 0 Å². The molecule has 2 aliphatic rings. The molecule has 2 saturated carbocycles. The van der Waals surface area contributed by atoms with Crippen molar-refractivity contribution in [2.45, 2.75) is 76.0 Å². The minimum Gasteiger partial charge on any atom is -0.490 e. The highest BCUT2D eigenvalue weighted by Gasteiger charge is 2.26. The molecule has 2 fully saturated rings. The van der Waals surface area contributed by atoms with E-state index in [4.69, 9.17) is 4.74 Å². The number of nitrogens with zero attached hydrogens (tertiary/aromatic N) is 4. The molecule has 4 rings (SSSR count). The second-order valence-corrected chi connectivity index (χ2v) is 9.98. The Morgan fingerprint density at radius 2 is 1.59 bits per heavy atom. The van der Waals surface area contributed by atoms with Crippen molar-refractivity contribution in [1.82, 2.24) is 18.9 Å². The van der Waals surface area contributed by atoms with Crippen LogP contribution in [0.4, 0.5) is 0 Å². The molecule has 0 aliphatic heterocycles. The van der Waals surface area contributed by atoms with E-state index in [1.165, 1.54) is 19.3 Å². The zero-order chi connectivity index (χ0) is 22.5. The van der Waals surface area contributed by atoms with Gasteiger partial charge in [-0.3, -0.25) is 9.13 Å². The van der Waals surface area contributed by atoms with Gasteiger partial charge in [-0.1, -0.05) is 0 Å². The second kappa shape index (κ2) is 10.7. The van der Waals surface area contributed by atoms with E-state index in [1.807, 2.05) is 41.2 Å². The molecule has 0 N–H and O–H groups in total. The molecular formula is C26H40N4O2. The molecule has 0 spiro atoms. The highest BCUT2D eigenvalue weighted by atomic mass is 16.5. The van der Waals surface area contributed by atoms with Gasteiger partial charge in [0.05, 0.1) is 11.8 Å². The zero-order valence-corrected chi connectivity index (χ0v) is 20.1. The van der Waals surface area contributed by atoms with Crippen LogP contribution < -0.4 is 10.4 Å². The number of hydrogen-bond donors (Lipinski definition) is 0. The van der Waals surface area contributed by atoms with Crippen molar-refractivity contribution < 1.29 is 4.74 Å². The lowest BCUT2D eigenvalue weighted by molar-refractivity contribution is 0.160. The number of imidazole rings is 1. The predicted octanol–water partition coefficient (Wildman–Crippen LogP) is 4.33. The maximum Gasteiger partial charge on any atom is 0.332 e. The third-order valence-electron chi connectivity index (χ3n) is 7.32. The first-order chi connectivity index (χ1) is 15.5. The van der Waals surface area contributed by atoms with Crippen molar-refractivity contribution in [3.63, 3.8) is 0 Å². The molecule has 6 heteroatoms. The summed E-state index contributed by atoms with van der Waals surface area (Å²) < 4.78 is 9.78. The van der Waals surface area contributed by atoms with E-state index < -0.39 is 0 Å². The lowest BCUT2D eigenvalue weighted by Gasteiger charge is -2.35. The number of rotatable bonds is 9. The van der Waals surface area contributed by atoms with Crippen LogP contribution in [0, 0.1) is 0 Å². The average Bonchev–Trinajstić information content (AvgIpc) is 3.44. The highest BCUT2D eigenvalue weighted by Crippen LogP contribution is 2.30. The van der Waals surface area contributed by atoms with Crippen molar-refractivity contribution in [2.75, 3.05) is 34.2 Å². The van der Waals surface area contributed by atoms with Crippen LogP contribution in [0.25, 0.3) is 5.69 Å². The van der Waals surface area contributed by atoms with E-state index in [-0.39, 0.29) is 5.69 Å². The Balaban J connectivity index is 1.33. The smallest absolute Gasteiger partial charge is 0.332 e. The molecule has 1 aromatic heterocycles. The predicted molar refractivity (Wildman–Crippen MR) is 130 cm³/mol. The molecule has 1 heterocycles. The van der Waals surface area contributed by atoms with E-state index in [0.29, 0.717) is 18.2 Å². The monoisotopic (exact) mass is 440 g/mol. The van der Waals surface area contributed by atoms with E-state index in [0.717, 1.165) is 63.1 Å². The quantitative estimate of drug-likeness (QED) is 0.582. The van der Waals surface area contributed by atoms with Crippen LogP contribution in [0.3, 0.4) is 0 Å². The topological polar surface area (TPSA) is 42.6 Å². The fraction of sp³-hybridized carbons (Fsp3) is 0.654. The van der Waals surface area contributed by atoms with Crippen LogP contribution in [-0.4, -0.2) is 65.3 Å². The summed E-state index contributed by atoms with van der Waals surface area (Å²) in [7, 11) is 6.52. The van der Waals surface area contributed by atoms with E-state index in [9.17, 15) is 4.79 Å². The Bertz CT molecular complexity index is 887. The molecule has 0 atom stereocenters. The fourth-order valence-corrected chi connectivity index (χ4v) is 5.34. The Hall–Kier alpha value is -2.05. The summed E-state index contributed by atoms with van der Waals surface area (Å²) in [6, 6.07) is 8.92. The third-order valence-corrected chi connectivity index (χ3v) is 7.32. The first-order valence-electron chi connectivity index (χ1n) is 12.4. The molecule has 0 bridgehead atoms. The molecule has 0 radical (unpaired) electrons. The van der Waals surface area contributed by atoms with Crippen LogP contribution in [-0.2, 0) is 0 Å². The molecule has 32 heavy (non-hydrogen) atoms. The van der Waals surface area contributed by atoms with Gasteiger partial charge < -0.3 is 14.5 Å². The third kappa shape index (κ3) is 5.65. The summed E-state index contributed by atoms with van der Waals surface area (Å²) in [5.74, 6) is 0.904. The van der Waals surface area contributed by atoms with Gasteiger partial charge in [0.1, 0.15) is 5.75 Å². The lowest BCUT2D eigenvalue weighted by atomic mass is 9.90. The summed E-state index contributed by atoms with van der Waals surface area (Å²) in [6.07, 6.45) is 14.7. The molecule has 2 aromatic rings. The van der Waals surface area contributed by atoms with Gasteiger partial charge in [0.2, 0.25) is 0 Å². The summed E-state index contributed by atoms with van der Waals surface area (Å²) in [5.41, 5.74) is 0.971. The largest absolute Gasteiger partial charge is 0.490 e. The molecule has 6 nitrogen and oxygen atoms in total. The maximum absolute atomic E-state index is 13.1. The summed E-state index contributed by atoms with van der Waals surface area (Å²) in [6.45, 7) is 2.28. The molecule has 2 aliphatic carbocycles. The SMILES string of the molecule is CN(C)CCCN(C)C1CCC(n2ccn(-c3ccc(OC4CCCC4)cc3)c2=O)CC1. The van der Waals surface area contributed by atoms with Gasteiger partial charge in [-0.2, -0.15) is 0 Å². The van der Waals surface area contributed by atoms with Crippen molar-refractivity contribution in [2.24, 2.45) is 0 Å². The van der Waals surface area contributed by atoms with Crippen LogP contribution in [0.5, 0.6) is 5.75 Å². The first-order valence-corrected chi connectivity index (χ1v) is 12.4. The Morgan fingerprint density at radius 3 is 2.25 bits per heavy atom. The van der Waals surface area contributed by atoms with E-state index in [2.05, 4.69) is 30.9 Å². The average molecular weight is 441 g/mol. The molecule has 0 amide bonds. The van der Waals surface area contributed by atoms with Gasteiger partial charge in [0, 0.05) is 24.5 Å². The minimum atomic E-state index is 0.0669. The molecule has 0 unspecified atom stereocenters. The number of ether oxygens (including phenoxy) is 1. The van der Waals surface area contributed by atoms with Crippen molar-refractivity contribution in [1.29, 1.82) is 0 Å². The molecule has 176 valence electrons. The Labute approximate surface area is 192 Å². The van der Waals surface area contributed by atoms with Crippen molar-refractivity contribution in [3.8, 4) is 11.4 Å². The fourth-order valence-electron chi connectivity index (χ4n) is 5.34. The van der Waals surface area contributed by atoms with Crippen molar-refractivity contribution in [3.05, 3.63) is 47.1 Å². The first kappa shape index (κ1) is 23.1. The van der Waals surface area contributed by atoms with Crippen LogP contribution in [0.1, 0.15) is 63.8 Å². The van der Waals surface area contributed by atoms with Gasteiger partial charge in [0.15, 0.2) is 0 Å². The normalized spacial score (nSPS) is 22.2. The van der Waals surface area contributed by atoms with Gasteiger partial charge >= 0.3 is 5.69 Å². The summed E-state index contributed by atoms with van der Waals surface area (Å²) in [5, 5.41) is 0. The van der Waals surface area contributed by atoms with Crippen LogP contribution in [0.2, 0.25) is 0 Å². The van der Waals surface area contributed by atoms with Gasteiger partial charge in [-0.25, -0.2) is 4.79 Å². The Morgan fingerprint density at radius 1 is 0.906 bits per heavy atom. The molecular weight excluding hydrogens is 400 g/mol. The van der Waals surface area contributed by atoms with Crippen LogP contribution >= 0.6 is 0 Å². The van der Waals surface area contributed by atoms with Crippen LogP contribution in [0.15, 0.2) is 41.5 Å². The van der Waals surface area contributed by atoms with Crippen molar-refractivity contribution >= 4 is 0 Å². The van der Waals surface area contributed by atoms with Gasteiger partial charge in [0.25, 0.3) is 0 Å². The second-order valence-electron chi connectivity index (χ2n) is 9.98. The van der Waals surface area contributed by atoms with Gasteiger partial charge in [-0.15, -0.1) is 0 Å². The molecule has 0 saturated heterocycles. The standard InChI is InChI=1S/C26H40N4O2/c1-27(2)17-6-18-28(3)21-9-11-22(12-10-21)29-19-20-30(26(29)31)23-13-15-25(16-14-23)32-24-7-4-5-8-24/h13-16,19-22,24H,4-12,17-18H2,1-3H3. The van der Waals surface area contributed by atoms with Gasteiger partial charge in [-0.05, 0) is 116 Å². The number of hydrogen-bond acceptors (Lipinski definition) is 4. The number of aromatic nitrogens is 2. The van der Waals surface area contributed by atoms with E-state index in [1.54, 1.807) is 4.57 Å². The maximum atomic E-state index is 13.1.